The van der Waals surface area contributed by atoms with E-state index in [4.69, 9.17) is 9.47 Å². The normalized spacial score (nSPS) is 26.9. The highest BCUT2D eigenvalue weighted by Crippen LogP contribution is 2.33. The number of hydrogen-bond donors (Lipinski definition) is 1. The summed E-state index contributed by atoms with van der Waals surface area (Å²) in [5, 5.41) is 3.42. The Morgan fingerprint density at radius 1 is 1.38 bits per heavy atom. The number of hydrogen-bond acceptors (Lipinski definition) is 6. The maximum Gasteiger partial charge on any atom is 0.125 e. The van der Waals surface area contributed by atoms with Gasteiger partial charge >= 0.3 is 0 Å². The topological polar surface area (TPSA) is 64.4 Å². The minimum absolute atomic E-state index is 0.203. The Hall–Kier alpha value is -1.96. The Morgan fingerprint density at radius 2 is 2.35 bits per heavy atom. The van der Waals surface area contributed by atoms with Crippen LogP contribution in [0.3, 0.4) is 0 Å². The lowest BCUT2D eigenvalue weighted by Crippen LogP contribution is -2.44. The summed E-state index contributed by atoms with van der Waals surface area (Å²) in [6.07, 6.45) is 6.61. The van der Waals surface area contributed by atoms with Crippen molar-refractivity contribution in [2.45, 2.75) is 18.6 Å². The molecule has 4 heterocycles. The summed E-state index contributed by atoms with van der Waals surface area (Å²) < 4.78 is 14.3. The molecule has 26 heavy (non-hydrogen) atoms. The SMILES string of the molecule is Cn1cncc1CN1CCOCC2(CC(CNc3ccccn3)CO2)C1. The summed E-state index contributed by atoms with van der Waals surface area (Å²) in [6, 6.07) is 5.92. The third-order valence-electron chi connectivity index (χ3n) is 5.25. The fourth-order valence-electron chi connectivity index (χ4n) is 3.88. The van der Waals surface area contributed by atoms with E-state index >= 15 is 0 Å². The summed E-state index contributed by atoms with van der Waals surface area (Å²) in [6.45, 7) is 5.77. The summed E-state index contributed by atoms with van der Waals surface area (Å²) in [5.41, 5.74) is 1.01. The largest absolute Gasteiger partial charge is 0.377 e. The van der Waals surface area contributed by atoms with Crippen LogP contribution in [0.15, 0.2) is 36.9 Å². The maximum atomic E-state index is 6.29. The first kappa shape index (κ1) is 17.5. The summed E-state index contributed by atoms with van der Waals surface area (Å²) in [7, 11) is 2.04. The Kier molecular flexibility index (Phi) is 5.19. The molecular formula is C19H27N5O2. The van der Waals surface area contributed by atoms with Gasteiger partial charge in [0.15, 0.2) is 0 Å². The van der Waals surface area contributed by atoms with Crippen LogP contribution < -0.4 is 5.32 Å². The molecule has 0 amide bonds. The number of imidazole rings is 1. The van der Waals surface area contributed by atoms with Crippen molar-refractivity contribution < 1.29 is 9.47 Å². The van der Waals surface area contributed by atoms with E-state index in [0.29, 0.717) is 12.5 Å². The van der Waals surface area contributed by atoms with Crippen LogP contribution >= 0.6 is 0 Å². The number of nitrogens with one attached hydrogen (secondary N) is 1. The maximum absolute atomic E-state index is 6.29. The highest BCUT2D eigenvalue weighted by molar-refractivity contribution is 5.33. The zero-order valence-corrected chi connectivity index (χ0v) is 15.3. The number of pyridine rings is 1. The standard InChI is InChI=1S/C19H27N5O2/c1-23-15-20-10-17(23)11-24-6-7-25-14-19(13-24)8-16(12-26-19)9-22-18-4-2-3-5-21-18/h2-5,10,15-16H,6-9,11-14H2,1H3,(H,21,22). The van der Waals surface area contributed by atoms with E-state index in [2.05, 4.69) is 24.8 Å². The first-order chi connectivity index (χ1) is 12.7. The molecule has 2 saturated heterocycles. The molecule has 0 aromatic carbocycles. The lowest BCUT2D eigenvalue weighted by Gasteiger charge is -2.31. The second-order valence-corrected chi connectivity index (χ2v) is 7.42. The fraction of sp³-hybridized carbons (Fsp3) is 0.579. The van der Waals surface area contributed by atoms with E-state index in [-0.39, 0.29) is 5.60 Å². The van der Waals surface area contributed by atoms with Crippen molar-refractivity contribution in [3.05, 3.63) is 42.6 Å². The van der Waals surface area contributed by atoms with Crippen molar-refractivity contribution in [1.29, 1.82) is 0 Å². The van der Waals surface area contributed by atoms with Crippen LogP contribution in [0.4, 0.5) is 5.82 Å². The molecule has 2 atom stereocenters. The van der Waals surface area contributed by atoms with Crippen molar-refractivity contribution in [2.75, 3.05) is 44.8 Å². The van der Waals surface area contributed by atoms with Gasteiger partial charge in [0.2, 0.25) is 0 Å². The molecule has 7 heteroatoms. The Labute approximate surface area is 154 Å². The van der Waals surface area contributed by atoms with Crippen molar-refractivity contribution >= 4 is 5.82 Å². The second kappa shape index (κ2) is 7.73. The van der Waals surface area contributed by atoms with Crippen molar-refractivity contribution in [1.82, 2.24) is 19.4 Å². The van der Waals surface area contributed by atoms with Gasteiger partial charge in [-0.1, -0.05) is 6.07 Å². The highest BCUT2D eigenvalue weighted by atomic mass is 16.5. The predicted molar refractivity (Wildman–Crippen MR) is 98.8 cm³/mol. The summed E-state index contributed by atoms with van der Waals surface area (Å²) in [5.74, 6) is 1.39. The molecule has 2 aromatic heterocycles. The first-order valence-electron chi connectivity index (χ1n) is 9.27. The molecule has 2 unspecified atom stereocenters. The van der Waals surface area contributed by atoms with Gasteiger partial charge in [-0.25, -0.2) is 9.97 Å². The van der Waals surface area contributed by atoms with Crippen LogP contribution in [0, 0.1) is 5.92 Å². The molecule has 1 spiro atoms. The molecule has 2 aromatic rings. The van der Waals surface area contributed by atoms with E-state index in [1.165, 1.54) is 5.69 Å². The average molecular weight is 357 g/mol. The molecule has 2 aliphatic heterocycles. The quantitative estimate of drug-likeness (QED) is 0.876. The van der Waals surface area contributed by atoms with Gasteiger partial charge in [0.05, 0.1) is 31.8 Å². The van der Waals surface area contributed by atoms with Gasteiger partial charge in [0.1, 0.15) is 11.4 Å². The monoisotopic (exact) mass is 357 g/mol. The van der Waals surface area contributed by atoms with Crippen molar-refractivity contribution in [3.63, 3.8) is 0 Å². The third-order valence-corrected chi connectivity index (χ3v) is 5.25. The smallest absolute Gasteiger partial charge is 0.125 e. The zero-order chi connectivity index (χ0) is 17.8. The van der Waals surface area contributed by atoms with E-state index in [1.54, 1.807) is 0 Å². The molecule has 7 nitrogen and oxygen atoms in total. The van der Waals surface area contributed by atoms with Crippen LogP contribution in [0.2, 0.25) is 0 Å². The van der Waals surface area contributed by atoms with Crippen LogP contribution in [-0.2, 0) is 23.1 Å². The molecule has 2 fully saturated rings. The number of ether oxygens (including phenoxy) is 2. The Bertz CT molecular complexity index is 707. The molecule has 0 aliphatic carbocycles. The van der Waals surface area contributed by atoms with Crippen LogP contribution in [0.25, 0.3) is 0 Å². The lowest BCUT2D eigenvalue weighted by molar-refractivity contribution is -0.0563. The molecule has 2 aliphatic rings. The fourth-order valence-corrected chi connectivity index (χ4v) is 3.88. The van der Waals surface area contributed by atoms with E-state index in [0.717, 1.165) is 51.6 Å². The number of nitrogens with zero attached hydrogens (tertiary/aromatic N) is 4. The van der Waals surface area contributed by atoms with Gasteiger partial charge in [-0.3, -0.25) is 4.90 Å². The number of anilines is 1. The average Bonchev–Trinajstić information content (AvgIpc) is 3.18. The predicted octanol–water partition coefficient (Wildman–Crippen LogP) is 1.53. The van der Waals surface area contributed by atoms with E-state index in [9.17, 15) is 0 Å². The zero-order valence-electron chi connectivity index (χ0n) is 15.3. The van der Waals surface area contributed by atoms with Gasteiger partial charge in [-0.15, -0.1) is 0 Å². The van der Waals surface area contributed by atoms with Crippen LogP contribution in [0.1, 0.15) is 12.1 Å². The van der Waals surface area contributed by atoms with E-state index in [1.807, 2.05) is 44.0 Å². The van der Waals surface area contributed by atoms with Gasteiger partial charge in [-0.05, 0) is 18.6 Å². The summed E-state index contributed by atoms with van der Waals surface area (Å²) >= 11 is 0. The third kappa shape index (κ3) is 4.06. The van der Waals surface area contributed by atoms with Crippen LogP contribution in [0.5, 0.6) is 0 Å². The number of aromatic nitrogens is 3. The Balaban J connectivity index is 1.35. The number of rotatable bonds is 5. The molecule has 140 valence electrons. The lowest BCUT2D eigenvalue weighted by atomic mass is 9.94. The highest BCUT2D eigenvalue weighted by Gasteiger charge is 2.43. The molecule has 0 bridgehead atoms. The first-order valence-corrected chi connectivity index (χ1v) is 9.27. The summed E-state index contributed by atoms with van der Waals surface area (Å²) in [4.78, 5) is 11.0. The molecular weight excluding hydrogens is 330 g/mol. The molecule has 4 rings (SSSR count). The van der Waals surface area contributed by atoms with Crippen molar-refractivity contribution in [2.24, 2.45) is 13.0 Å². The molecule has 0 radical (unpaired) electrons. The van der Waals surface area contributed by atoms with E-state index < -0.39 is 0 Å². The minimum Gasteiger partial charge on any atom is -0.377 e. The van der Waals surface area contributed by atoms with Gasteiger partial charge in [0, 0.05) is 51.5 Å². The van der Waals surface area contributed by atoms with Gasteiger partial charge < -0.3 is 19.4 Å². The van der Waals surface area contributed by atoms with Gasteiger partial charge in [-0.2, -0.15) is 0 Å². The minimum atomic E-state index is -0.203. The van der Waals surface area contributed by atoms with Gasteiger partial charge in [0.25, 0.3) is 0 Å². The number of aryl methyl sites for hydroxylation is 1. The molecule has 1 N–H and O–H groups in total. The second-order valence-electron chi connectivity index (χ2n) is 7.42. The molecule has 0 saturated carbocycles. The Morgan fingerprint density at radius 3 is 3.15 bits per heavy atom. The van der Waals surface area contributed by atoms with Crippen LogP contribution in [-0.4, -0.2) is 64.5 Å². The van der Waals surface area contributed by atoms with Crippen molar-refractivity contribution in [3.8, 4) is 0 Å².